The zero-order valence-electron chi connectivity index (χ0n) is 11.0. The van der Waals surface area contributed by atoms with E-state index in [4.69, 9.17) is 0 Å². The SMILES string of the molecule is OCCC1C=CC2=C(CCC=C2)Nc2ccccc21. The van der Waals surface area contributed by atoms with Gasteiger partial charge in [-0.1, -0.05) is 42.5 Å². The molecule has 2 aliphatic rings. The van der Waals surface area contributed by atoms with Gasteiger partial charge in [0.1, 0.15) is 0 Å². The summed E-state index contributed by atoms with van der Waals surface area (Å²) in [5.74, 6) is 0.276. The van der Waals surface area contributed by atoms with Crippen molar-refractivity contribution in [2.24, 2.45) is 0 Å². The molecule has 0 bridgehead atoms. The summed E-state index contributed by atoms with van der Waals surface area (Å²) in [6.07, 6.45) is 11.7. The first-order valence-electron chi connectivity index (χ1n) is 6.93. The number of rotatable bonds is 2. The summed E-state index contributed by atoms with van der Waals surface area (Å²) in [4.78, 5) is 0. The minimum Gasteiger partial charge on any atom is -0.396 e. The first-order valence-corrected chi connectivity index (χ1v) is 6.93. The summed E-state index contributed by atoms with van der Waals surface area (Å²) in [6.45, 7) is 0.213. The predicted octanol–water partition coefficient (Wildman–Crippen LogP) is 3.74. The van der Waals surface area contributed by atoms with Crippen LogP contribution in [0.1, 0.15) is 30.7 Å². The number of aliphatic hydroxyl groups is 1. The zero-order chi connectivity index (χ0) is 13.1. The molecule has 1 atom stereocenters. The molecule has 1 unspecified atom stereocenters. The molecular weight excluding hydrogens is 234 g/mol. The van der Waals surface area contributed by atoms with Gasteiger partial charge in [0.2, 0.25) is 0 Å². The Kier molecular flexibility index (Phi) is 3.51. The van der Waals surface area contributed by atoms with E-state index in [-0.39, 0.29) is 12.5 Å². The van der Waals surface area contributed by atoms with E-state index in [9.17, 15) is 5.11 Å². The van der Waals surface area contributed by atoms with Crippen LogP contribution in [0.5, 0.6) is 0 Å². The Morgan fingerprint density at radius 1 is 1.21 bits per heavy atom. The maximum absolute atomic E-state index is 9.26. The van der Waals surface area contributed by atoms with Crippen molar-refractivity contribution < 1.29 is 5.11 Å². The third kappa shape index (κ3) is 2.49. The molecule has 1 aromatic carbocycles. The molecule has 19 heavy (non-hydrogen) atoms. The summed E-state index contributed by atoms with van der Waals surface area (Å²) in [5, 5.41) is 12.8. The molecule has 0 radical (unpaired) electrons. The smallest absolute Gasteiger partial charge is 0.0439 e. The summed E-state index contributed by atoms with van der Waals surface area (Å²) in [6, 6.07) is 8.40. The number of nitrogens with one attached hydrogen (secondary N) is 1. The molecule has 0 aromatic heterocycles. The Morgan fingerprint density at radius 2 is 2.11 bits per heavy atom. The van der Waals surface area contributed by atoms with Gasteiger partial charge in [0, 0.05) is 23.9 Å². The van der Waals surface area contributed by atoms with E-state index >= 15 is 0 Å². The number of hydrogen-bond acceptors (Lipinski definition) is 2. The van der Waals surface area contributed by atoms with E-state index < -0.39 is 0 Å². The van der Waals surface area contributed by atoms with Gasteiger partial charge in [-0.2, -0.15) is 0 Å². The fraction of sp³-hybridized carbons (Fsp3) is 0.294. The van der Waals surface area contributed by atoms with Crippen LogP contribution in [0.4, 0.5) is 5.69 Å². The van der Waals surface area contributed by atoms with Crippen molar-refractivity contribution in [3.05, 3.63) is 65.4 Å². The number of aliphatic hydroxyl groups excluding tert-OH is 1. The van der Waals surface area contributed by atoms with Gasteiger partial charge in [0.15, 0.2) is 0 Å². The van der Waals surface area contributed by atoms with Crippen molar-refractivity contribution in [2.75, 3.05) is 11.9 Å². The second-order valence-corrected chi connectivity index (χ2v) is 5.07. The van der Waals surface area contributed by atoms with Crippen molar-refractivity contribution in [2.45, 2.75) is 25.2 Å². The van der Waals surface area contributed by atoms with Crippen molar-refractivity contribution in [1.29, 1.82) is 0 Å². The van der Waals surface area contributed by atoms with Gasteiger partial charge >= 0.3 is 0 Å². The standard InChI is InChI=1S/C17H19NO/c19-12-11-13-9-10-14-5-1-3-7-16(14)18-17-8-4-2-6-15(13)17/h1-2,4-6,8-10,13,18-19H,3,7,11-12H2. The number of anilines is 1. The molecule has 1 aliphatic heterocycles. The molecule has 1 aromatic rings. The van der Waals surface area contributed by atoms with E-state index in [1.54, 1.807) is 0 Å². The van der Waals surface area contributed by atoms with Gasteiger partial charge in [0.25, 0.3) is 0 Å². The third-order valence-corrected chi connectivity index (χ3v) is 3.80. The molecule has 0 fully saturated rings. The van der Waals surface area contributed by atoms with E-state index in [1.165, 1.54) is 22.5 Å². The zero-order valence-corrected chi connectivity index (χ0v) is 11.0. The average Bonchev–Trinajstić information content (AvgIpc) is 2.43. The highest BCUT2D eigenvalue weighted by Gasteiger charge is 2.17. The largest absolute Gasteiger partial charge is 0.396 e. The lowest BCUT2D eigenvalue weighted by molar-refractivity contribution is 0.283. The molecule has 1 aliphatic carbocycles. The normalized spacial score (nSPS) is 21.2. The number of allylic oxidation sites excluding steroid dienone is 6. The van der Waals surface area contributed by atoms with Crippen LogP contribution < -0.4 is 5.32 Å². The second-order valence-electron chi connectivity index (χ2n) is 5.07. The second kappa shape index (κ2) is 5.45. The molecule has 2 N–H and O–H groups in total. The van der Waals surface area contributed by atoms with Crippen molar-refractivity contribution >= 4 is 5.69 Å². The highest BCUT2D eigenvalue weighted by atomic mass is 16.3. The number of fused-ring (bicyclic) bond motifs is 1. The molecular formula is C17H19NO. The van der Waals surface area contributed by atoms with E-state index in [2.05, 4.69) is 53.9 Å². The highest BCUT2D eigenvalue weighted by molar-refractivity contribution is 5.61. The lowest BCUT2D eigenvalue weighted by Crippen LogP contribution is -2.11. The molecule has 0 amide bonds. The lowest BCUT2D eigenvalue weighted by atomic mass is 9.90. The molecule has 1 heterocycles. The molecule has 2 nitrogen and oxygen atoms in total. The third-order valence-electron chi connectivity index (χ3n) is 3.80. The van der Waals surface area contributed by atoms with Crippen LogP contribution in [0.2, 0.25) is 0 Å². The topological polar surface area (TPSA) is 32.3 Å². The van der Waals surface area contributed by atoms with E-state index in [0.29, 0.717) is 0 Å². The number of benzene rings is 1. The first-order chi connectivity index (χ1) is 9.38. The van der Waals surface area contributed by atoms with Crippen LogP contribution in [0.25, 0.3) is 0 Å². The van der Waals surface area contributed by atoms with Crippen LogP contribution in [0.3, 0.4) is 0 Å². The Balaban J connectivity index is 2.06. The van der Waals surface area contributed by atoms with Crippen molar-refractivity contribution in [3.8, 4) is 0 Å². The quantitative estimate of drug-likeness (QED) is 0.841. The summed E-state index contributed by atoms with van der Waals surface area (Å²) >= 11 is 0. The number of para-hydroxylation sites is 1. The van der Waals surface area contributed by atoms with Crippen molar-refractivity contribution in [3.63, 3.8) is 0 Å². The fourth-order valence-electron chi connectivity index (χ4n) is 2.78. The Bertz CT molecular complexity index is 554. The minimum atomic E-state index is 0.213. The molecule has 98 valence electrons. The van der Waals surface area contributed by atoms with Crippen LogP contribution in [-0.2, 0) is 0 Å². The van der Waals surface area contributed by atoms with Gasteiger partial charge < -0.3 is 10.4 Å². The average molecular weight is 253 g/mol. The van der Waals surface area contributed by atoms with Gasteiger partial charge in [-0.05, 0) is 36.5 Å². The number of hydrogen-bond donors (Lipinski definition) is 2. The molecule has 0 saturated heterocycles. The van der Waals surface area contributed by atoms with Crippen molar-refractivity contribution in [1.82, 2.24) is 0 Å². The van der Waals surface area contributed by atoms with Crippen LogP contribution >= 0.6 is 0 Å². The summed E-state index contributed by atoms with van der Waals surface area (Å²) in [5.41, 5.74) is 5.01. The molecule has 0 saturated carbocycles. The summed E-state index contributed by atoms with van der Waals surface area (Å²) in [7, 11) is 0. The maximum Gasteiger partial charge on any atom is 0.0439 e. The van der Waals surface area contributed by atoms with Gasteiger partial charge in [0.05, 0.1) is 0 Å². The lowest BCUT2D eigenvalue weighted by Gasteiger charge is -2.24. The van der Waals surface area contributed by atoms with Crippen LogP contribution in [-0.4, -0.2) is 11.7 Å². The summed E-state index contributed by atoms with van der Waals surface area (Å²) < 4.78 is 0. The minimum absolute atomic E-state index is 0.213. The first kappa shape index (κ1) is 12.2. The maximum atomic E-state index is 9.26. The molecule has 3 rings (SSSR count). The Labute approximate surface area is 114 Å². The van der Waals surface area contributed by atoms with Crippen LogP contribution in [0, 0.1) is 0 Å². The predicted molar refractivity (Wildman–Crippen MR) is 79.0 cm³/mol. The van der Waals surface area contributed by atoms with E-state index in [1.807, 2.05) is 0 Å². The molecule has 0 spiro atoms. The monoisotopic (exact) mass is 253 g/mol. The fourth-order valence-corrected chi connectivity index (χ4v) is 2.78. The molecule has 2 heteroatoms. The Hall–Kier alpha value is -1.80. The van der Waals surface area contributed by atoms with E-state index in [0.717, 1.165) is 19.3 Å². The highest BCUT2D eigenvalue weighted by Crippen LogP contribution is 2.33. The van der Waals surface area contributed by atoms with Gasteiger partial charge in [-0.3, -0.25) is 0 Å². The Morgan fingerprint density at radius 3 is 3.00 bits per heavy atom. The van der Waals surface area contributed by atoms with Gasteiger partial charge in [-0.15, -0.1) is 0 Å². The van der Waals surface area contributed by atoms with Crippen LogP contribution in [0.15, 0.2) is 59.8 Å². The van der Waals surface area contributed by atoms with Gasteiger partial charge in [-0.25, -0.2) is 0 Å².